The molecule has 2 aromatic rings. The minimum absolute atomic E-state index is 0.267. The molecule has 3 rings (SSSR count). The summed E-state index contributed by atoms with van der Waals surface area (Å²) in [5.41, 5.74) is 2.30. The maximum Gasteiger partial charge on any atom is 0.0841 e. The van der Waals surface area contributed by atoms with Crippen LogP contribution in [0.3, 0.4) is 0 Å². The molecule has 0 amide bonds. The van der Waals surface area contributed by atoms with Crippen LogP contribution in [0.15, 0.2) is 24.3 Å². The van der Waals surface area contributed by atoms with Crippen molar-refractivity contribution in [2.75, 3.05) is 0 Å². The smallest absolute Gasteiger partial charge is 0.0841 e. The quantitative estimate of drug-likeness (QED) is 0.873. The van der Waals surface area contributed by atoms with E-state index in [-0.39, 0.29) is 5.38 Å². The second-order valence-electron chi connectivity index (χ2n) is 5.38. The number of nitrogens with one attached hydrogen (secondary N) is 1. The predicted molar refractivity (Wildman–Crippen MR) is 79.5 cm³/mol. The number of hydrogen-bond acceptors (Lipinski definition) is 2. The van der Waals surface area contributed by atoms with Crippen LogP contribution >= 0.6 is 11.6 Å². The molecule has 0 saturated heterocycles. The van der Waals surface area contributed by atoms with Crippen molar-refractivity contribution < 1.29 is 0 Å². The van der Waals surface area contributed by atoms with Crippen LogP contribution in [0.4, 0.5) is 0 Å². The van der Waals surface area contributed by atoms with Gasteiger partial charge in [-0.15, -0.1) is 11.6 Å². The lowest BCUT2D eigenvalue weighted by molar-refractivity contribution is 0.377. The topological polar surface area (TPSA) is 29.9 Å². The third kappa shape index (κ3) is 2.63. The van der Waals surface area contributed by atoms with Crippen LogP contribution in [0, 0.1) is 0 Å². The first-order valence-electron chi connectivity index (χ1n) is 7.04. The second-order valence-corrected chi connectivity index (χ2v) is 5.94. The van der Waals surface area contributed by atoms with Crippen LogP contribution in [0.25, 0.3) is 10.9 Å². The van der Waals surface area contributed by atoms with Gasteiger partial charge in [-0.1, -0.05) is 31.0 Å². The van der Waals surface area contributed by atoms with Crippen LogP contribution in [0.1, 0.15) is 31.4 Å². The van der Waals surface area contributed by atoms with Gasteiger partial charge in [0.05, 0.1) is 11.2 Å². The molecule has 4 heteroatoms. The highest BCUT2D eigenvalue weighted by Gasteiger charge is 2.22. The summed E-state index contributed by atoms with van der Waals surface area (Å²) >= 11 is 6.38. The van der Waals surface area contributed by atoms with Gasteiger partial charge >= 0.3 is 0 Å². The first-order valence-corrected chi connectivity index (χ1v) is 7.47. The van der Waals surface area contributed by atoms with Crippen LogP contribution in [0.2, 0.25) is 0 Å². The van der Waals surface area contributed by atoms with Crippen molar-refractivity contribution in [1.29, 1.82) is 0 Å². The van der Waals surface area contributed by atoms with E-state index in [1.807, 2.05) is 11.7 Å². The van der Waals surface area contributed by atoms with Gasteiger partial charge in [0.25, 0.3) is 0 Å². The maximum absolute atomic E-state index is 6.38. The van der Waals surface area contributed by atoms with Crippen LogP contribution in [-0.2, 0) is 13.6 Å². The third-order valence-electron chi connectivity index (χ3n) is 4.05. The summed E-state index contributed by atoms with van der Waals surface area (Å²) in [5, 5.41) is 9.70. The Hall–Kier alpha value is -1.06. The standard InChI is InChI=1S/C15H20ClN3/c1-19-15-9-5-2-6-11(15)14(18-19)10-17-13-8-4-3-7-12(13)16/h2,5-6,9,12-13,17H,3-4,7-8,10H2,1H3. The number of aromatic nitrogens is 2. The summed E-state index contributed by atoms with van der Waals surface area (Å²) in [5.74, 6) is 0. The number of fused-ring (bicyclic) bond motifs is 1. The molecule has 1 N–H and O–H groups in total. The Morgan fingerprint density at radius 1 is 1.32 bits per heavy atom. The first-order chi connectivity index (χ1) is 9.25. The van der Waals surface area contributed by atoms with E-state index >= 15 is 0 Å². The summed E-state index contributed by atoms with van der Waals surface area (Å²) in [7, 11) is 2.00. The fourth-order valence-corrected chi connectivity index (χ4v) is 3.33. The molecule has 0 bridgehead atoms. The van der Waals surface area contributed by atoms with E-state index in [4.69, 9.17) is 11.6 Å². The Labute approximate surface area is 118 Å². The number of alkyl halides is 1. The largest absolute Gasteiger partial charge is 0.307 e. The van der Waals surface area contributed by atoms with Gasteiger partial charge in [0.1, 0.15) is 0 Å². The lowest BCUT2D eigenvalue weighted by Crippen LogP contribution is -2.38. The number of benzene rings is 1. The van der Waals surface area contributed by atoms with E-state index in [1.54, 1.807) is 0 Å². The van der Waals surface area contributed by atoms with Gasteiger partial charge < -0.3 is 5.32 Å². The van der Waals surface area contributed by atoms with E-state index < -0.39 is 0 Å². The summed E-state index contributed by atoms with van der Waals surface area (Å²) in [4.78, 5) is 0. The van der Waals surface area contributed by atoms with E-state index in [0.717, 1.165) is 18.7 Å². The molecule has 1 fully saturated rings. The van der Waals surface area contributed by atoms with Gasteiger partial charge in [0.15, 0.2) is 0 Å². The Kier molecular flexibility index (Phi) is 3.76. The molecule has 0 radical (unpaired) electrons. The van der Waals surface area contributed by atoms with Crippen LogP contribution < -0.4 is 5.32 Å². The van der Waals surface area contributed by atoms with E-state index in [9.17, 15) is 0 Å². The number of nitrogens with zero attached hydrogens (tertiary/aromatic N) is 2. The molecule has 1 heterocycles. The monoisotopic (exact) mass is 277 g/mol. The summed E-state index contributed by atoms with van der Waals surface area (Å²) in [6.07, 6.45) is 4.85. The van der Waals surface area contributed by atoms with Crippen molar-refractivity contribution in [3.8, 4) is 0 Å². The SMILES string of the molecule is Cn1nc(CNC2CCCCC2Cl)c2ccccc21. The second kappa shape index (κ2) is 5.51. The zero-order chi connectivity index (χ0) is 13.2. The van der Waals surface area contributed by atoms with Crippen LogP contribution in [-0.4, -0.2) is 21.2 Å². The molecule has 0 aliphatic heterocycles. The van der Waals surface area contributed by atoms with E-state index in [1.165, 1.54) is 30.2 Å². The minimum Gasteiger partial charge on any atom is -0.307 e. The van der Waals surface area contributed by atoms with Gasteiger partial charge in [-0.3, -0.25) is 4.68 Å². The minimum atomic E-state index is 0.267. The Morgan fingerprint density at radius 2 is 2.11 bits per heavy atom. The molecule has 2 atom stereocenters. The number of halogens is 1. The van der Waals surface area contributed by atoms with Crippen molar-refractivity contribution in [1.82, 2.24) is 15.1 Å². The summed E-state index contributed by atoms with van der Waals surface area (Å²) < 4.78 is 1.95. The van der Waals surface area contributed by atoms with Crippen molar-refractivity contribution in [2.24, 2.45) is 7.05 Å². The summed E-state index contributed by atoms with van der Waals surface area (Å²) in [6, 6.07) is 8.79. The fraction of sp³-hybridized carbons (Fsp3) is 0.533. The van der Waals surface area contributed by atoms with Gasteiger partial charge in [0.2, 0.25) is 0 Å². The molecule has 1 aromatic heterocycles. The average Bonchev–Trinajstić information content (AvgIpc) is 2.75. The first kappa shape index (κ1) is 12.9. The normalized spacial score (nSPS) is 23.9. The molecule has 1 aromatic carbocycles. The third-order valence-corrected chi connectivity index (χ3v) is 4.57. The molecular weight excluding hydrogens is 258 g/mol. The molecule has 102 valence electrons. The molecule has 1 saturated carbocycles. The van der Waals surface area contributed by atoms with Gasteiger partial charge in [-0.25, -0.2) is 0 Å². The zero-order valence-corrected chi connectivity index (χ0v) is 12.0. The Bertz CT molecular complexity index is 564. The molecule has 2 unspecified atom stereocenters. The van der Waals surface area contributed by atoms with Crippen molar-refractivity contribution in [2.45, 2.75) is 43.6 Å². The highest BCUT2D eigenvalue weighted by atomic mass is 35.5. The number of para-hydroxylation sites is 1. The number of hydrogen-bond donors (Lipinski definition) is 1. The lowest BCUT2D eigenvalue weighted by atomic mass is 9.95. The molecule has 1 aliphatic rings. The summed E-state index contributed by atoms with van der Waals surface area (Å²) in [6.45, 7) is 0.801. The average molecular weight is 278 g/mol. The van der Waals surface area contributed by atoms with Gasteiger partial charge in [-0.2, -0.15) is 5.10 Å². The Morgan fingerprint density at radius 3 is 2.95 bits per heavy atom. The molecular formula is C15H20ClN3. The van der Waals surface area contributed by atoms with Crippen molar-refractivity contribution in [3.05, 3.63) is 30.0 Å². The molecule has 1 aliphatic carbocycles. The predicted octanol–water partition coefficient (Wildman–Crippen LogP) is 3.21. The van der Waals surface area contributed by atoms with Gasteiger partial charge in [-0.05, 0) is 18.9 Å². The fourth-order valence-electron chi connectivity index (χ4n) is 2.96. The molecule has 3 nitrogen and oxygen atoms in total. The Balaban J connectivity index is 1.75. The van der Waals surface area contributed by atoms with E-state index in [2.05, 4.69) is 34.7 Å². The highest BCUT2D eigenvalue weighted by molar-refractivity contribution is 6.21. The number of aryl methyl sites for hydroxylation is 1. The molecule has 0 spiro atoms. The van der Waals surface area contributed by atoms with Gasteiger partial charge in [0, 0.05) is 30.4 Å². The lowest BCUT2D eigenvalue weighted by Gasteiger charge is -2.27. The van der Waals surface area contributed by atoms with Crippen molar-refractivity contribution in [3.63, 3.8) is 0 Å². The molecule has 19 heavy (non-hydrogen) atoms. The zero-order valence-electron chi connectivity index (χ0n) is 11.3. The number of rotatable bonds is 3. The van der Waals surface area contributed by atoms with E-state index in [0.29, 0.717) is 6.04 Å². The van der Waals surface area contributed by atoms with Crippen LogP contribution in [0.5, 0.6) is 0 Å². The maximum atomic E-state index is 6.38. The van der Waals surface area contributed by atoms with Crippen molar-refractivity contribution >= 4 is 22.5 Å². The highest BCUT2D eigenvalue weighted by Crippen LogP contribution is 2.24.